The summed E-state index contributed by atoms with van der Waals surface area (Å²) in [5, 5.41) is 3.14. The minimum Gasteiger partial charge on any atom is -0.389 e. The van der Waals surface area contributed by atoms with Gasteiger partial charge >= 0.3 is 0 Å². The molecule has 1 saturated heterocycles. The number of nitrogens with one attached hydrogen (secondary N) is 1. The van der Waals surface area contributed by atoms with Gasteiger partial charge in [0.1, 0.15) is 0 Å². The molecular formula is C20H36N2O2S. The lowest BCUT2D eigenvalue weighted by atomic mass is 10.1. The zero-order valence-corrected chi connectivity index (χ0v) is 17.3. The van der Waals surface area contributed by atoms with Gasteiger partial charge in [-0.05, 0) is 24.0 Å². The summed E-state index contributed by atoms with van der Waals surface area (Å²) in [5.41, 5.74) is 0.919. The van der Waals surface area contributed by atoms with Crippen molar-refractivity contribution in [2.24, 2.45) is 11.8 Å². The van der Waals surface area contributed by atoms with Crippen molar-refractivity contribution in [3.8, 4) is 0 Å². The van der Waals surface area contributed by atoms with E-state index in [4.69, 9.17) is 0 Å². The van der Waals surface area contributed by atoms with Crippen LogP contribution in [0.25, 0.3) is 0 Å². The summed E-state index contributed by atoms with van der Waals surface area (Å²) in [5.74, 6) is 2.18. The van der Waals surface area contributed by atoms with Crippen LogP contribution in [-0.2, 0) is 9.59 Å². The SMILES string of the molecule is C=C(CCN1C(=O)CC(SCC(C)C)C1=O)NCCCCCC(C)C. The number of imide groups is 1. The predicted octanol–water partition coefficient (Wildman–Crippen LogP) is 4.21. The monoisotopic (exact) mass is 368 g/mol. The van der Waals surface area contributed by atoms with E-state index in [1.165, 1.54) is 24.2 Å². The van der Waals surface area contributed by atoms with Crippen molar-refractivity contribution in [2.45, 2.75) is 71.5 Å². The number of hydrogen-bond acceptors (Lipinski definition) is 4. The molecule has 1 aliphatic heterocycles. The van der Waals surface area contributed by atoms with E-state index in [1.54, 1.807) is 11.8 Å². The molecular weight excluding hydrogens is 332 g/mol. The largest absolute Gasteiger partial charge is 0.389 e. The summed E-state index contributed by atoms with van der Waals surface area (Å²) in [4.78, 5) is 25.9. The zero-order chi connectivity index (χ0) is 18.8. The molecule has 2 amide bonds. The summed E-state index contributed by atoms with van der Waals surface area (Å²) < 4.78 is 0. The molecule has 0 aliphatic carbocycles. The van der Waals surface area contributed by atoms with Gasteiger partial charge < -0.3 is 5.32 Å². The molecule has 0 radical (unpaired) electrons. The number of carbonyl (C=O) groups is 2. The maximum Gasteiger partial charge on any atom is 0.242 e. The lowest BCUT2D eigenvalue weighted by Crippen LogP contribution is -2.33. The molecule has 0 spiro atoms. The second-order valence-electron chi connectivity index (χ2n) is 7.83. The summed E-state index contributed by atoms with van der Waals surface area (Å²) in [6.45, 7) is 14.2. The molecule has 1 fully saturated rings. The average molecular weight is 369 g/mol. The van der Waals surface area contributed by atoms with Gasteiger partial charge in [0, 0.05) is 31.6 Å². The Labute approximate surface area is 158 Å². The second-order valence-corrected chi connectivity index (χ2v) is 9.06. The number of nitrogens with zero attached hydrogens (tertiary/aromatic N) is 1. The van der Waals surface area contributed by atoms with Gasteiger partial charge in [-0.25, -0.2) is 0 Å². The van der Waals surface area contributed by atoms with Crippen molar-refractivity contribution in [3.05, 3.63) is 12.3 Å². The van der Waals surface area contributed by atoms with Crippen LogP contribution in [0.15, 0.2) is 12.3 Å². The Bertz CT molecular complexity index is 449. The van der Waals surface area contributed by atoms with Crippen LogP contribution >= 0.6 is 11.8 Å². The molecule has 4 nitrogen and oxygen atoms in total. The molecule has 0 aromatic rings. The molecule has 0 aromatic carbocycles. The fourth-order valence-electron chi connectivity index (χ4n) is 2.78. The van der Waals surface area contributed by atoms with Gasteiger partial charge in [-0.1, -0.05) is 53.5 Å². The first-order valence-electron chi connectivity index (χ1n) is 9.68. The van der Waals surface area contributed by atoms with Gasteiger partial charge in [-0.3, -0.25) is 14.5 Å². The third kappa shape index (κ3) is 8.80. The average Bonchev–Trinajstić information content (AvgIpc) is 2.80. The number of rotatable bonds is 13. The summed E-state index contributed by atoms with van der Waals surface area (Å²) in [6, 6.07) is 0. The highest BCUT2D eigenvalue weighted by Gasteiger charge is 2.38. The first-order chi connectivity index (χ1) is 11.8. The van der Waals surface area contributed by atoms with E-state index in [0.717, 1.165) is 30.3 Å². The lowest BCUT2D eigenvalue weighted by Gasteiger charge is -2.17. The molecule has 5 heteroatoms. The Balaban J connectivity index is 2.20. The maximum absolute atomic E-state index is 12.4. The highest BCUT2D eigenvalue weighted by Crippen LogP contribution is 2.27. The molecule has 0 saturated carbocycles. The van der Waals surface area contributed by atoms with Gasteiger partial charge in [-0.2, -0.15) is 0 Å². The minimum absolute atomic E-state index is 0.0165. The molecule has 144 valence electrons. The smallest absolute Gasteiger partial charge is 0.242 e. The lowest BCUT2D eigenvalue weighted by molar-refractivity contribution is -0.138. The Morgan fingerprint density at radius 2 is 1.92 bits per heavy atom. The topological polar surface area (TPSA) is 49.4 Å². The molecule has 25 heavy (non-hydrogen) atoms. The van der Waals surface area contributed by atoms with Crippen molar-refractivity contribution in [3.63, 3.8) is 0 Å². The van der Waals surface area contributed by atoms with Crippen molar-refractivity contribution >= 4 is 23.6 Å². The number of unbranched alkanes of at least 4 members (excludes halogenated alkanes) is 2. The van der Waals surface area contributed by atoms with Crippen LogP contribution in [-0.4, -0.2) is 40.8 Å². The van der Waals surface area contributed by atoms with E-state index < -0.39 is 0 Å². The molecule has 1 rings (SSSR count). The fraction of sp³-hybridized carbons (Fsp3) is 0.800. The van der Waals surface area contributed by atoms with Crippen LogP contribution in [0.4, 0.5) is 0 Å². The van der Waals surface area contributed by atoms with Crippen LogP contribution in [0, 0.1) is 11.8 Å². The second kappa shape index (κ2) is 11.6. The molecule has 1 atom stereocenters. The predicted molar refractivity (Wildman–Crippen MR) is 107 cm³/mol. The van der Waals surface area contributed by atoms with Crippen LogP contribution in [0.5, 0.6) is 0 Å². The van der Waals surface area contributed by atoms with Crippen LogP contribution < -0.4 is 5.32 Å². The van der Waals surface area contributed by atoms with E-state index in [9.17, 15) is 9.59 Å². The standard InChI is InChI=1S/C20H36N2O2S/c1-15(2)9-7-6-8-11-21-17(5)10-12-22-19(23)13-18(20(22)24)25-14-16(3)4/h15-16,18,21H,5-14H2,1-4H3. The highest BCUT2D eigenvalue weighted by atomic mass is 32.2. The number of hydrogen-bond donors (Lipinski definition) is 1. The van der Waals surface area contributed by atoms with Crippen molar-refractivity contribution in [1.29, 1.82) is 0 Å². The van der Waals surface area contributed by atoms with Gasteiger partial charge in [0.2, 0.25) is 11.8 Å². The zero-order valence-electron chi connectivity index (χ0n) is 16.5. The highest BCUT2D eigenvalue weighted by molar-refractivity contribution is 8.00. The minimum atomic E-state index is -0.183. The number of thioether (sulfide) groups is 1. The van der Waals surface area contributed by atoms with Gasteiger partial charge in [0.05, 0.1) is 5.25 Å². The normalized spacial score (nSPS) is 17.8. The van der Waals surface area contributed by atoms with Crippen molar-refractivity contribution in [1.82, 2.24) is 10.2 Å². The molecule has 1 aliphatic rings. The third-order valence-electron chi connectivity index (χ3n) is 4.30. The Hall–Kier alpha value is -0.970. The van der Waals surface area contributed by atoms with E-state index in [1.807, 2.05) is 0 Å². The van der Waals surface area contributed by atoms with Gasteiger partial charge in [-0.15, -0.1) is 11.8 Å². The summed E-state index contributed by atoms with van der Waals surface area (Å²) in [6.07, 6.45) is 5.93. The number of likely N-dealkylation sites (tertiary alicyclic amines) is 1. The fourth-order valence-corrected chi connectivity index (χ4v) is 3.93. The third-order valence-corrected chi connectivity index (χ3v) is 5.93. The van der Waals surface area contributed by atoms with Crippen LogP contribution in [0.2, 0.25) is 0 Å². The Morgan fingerprint density at radius 1 is 1.20 bits per heavy atom. The molecule has 1 heterocycles. The van der Waals surface area contributed by atoms with E-state index in [-0.39, 0.29) is 17.1 Å². The first kappa shape index (κ1) is 22.1. The molecule has 0 aromatic heterocycles. The van der Waals surface area contributed by atoms with Crippen molar-refractivity contribution < 1.29 is 9.59 Å². The molecule has 0 bridgehead atoms. The quantitative estimate of drug-likeness (QED) is 0.391. The first-order valence-corrected chi connectivity index (χ1v) is 10.7. The van der Waals surface area contributed by atoms with E-state index in [0.29, 0.717) is 25.3 Å². The number of amides is 2. The van der Waals surface area contributed by atoms with E-state index >= 15 is 0 Å². The van der Waals surface area contributed by atoms with Crippen LogP contribution in [0.3, 0.4) is 0 Å². The van der Waals surface area contributed by atoms with E-state index in [2.05, 4.69) is 39.6 Å². The molecule has 1 N–H and O–H groups in total. The molecule has 1 unspecified atom stereocenters. The van der Waals surface area contributed by atoms with Gasteiger partial charge in [0.15, 0.2) is 0 Å². The Kier molecular flexibility index (Phi) is 10.2. The summed E-state index contributed by atoms with van der Waals surface area (Å²) in [7, 11) is 0. The van der Waals surface area contributed by atoms with Crippen LogP contribution in [0.1, 0.15) is 66.2 Å². The van der Waals surface area contributed by atoms with Crippen molar-refractivity contribution in [2.75, 3.05) is 18.8 Å². The number of carbonyl (C=O) groups excluding carboxylic acids is 2. The Morgan fingerprint density at radius 3 is 2.56 bits per heavy atom. The van der Waals surface area contributed by atoms with Gasteiger partial charge in [0.25, 0.3) is 0 Å². The maximum atomic E-state index is 12.4. The summed E-state index contributed by atoms with van der Waals surface area (Å²) >= 11 is 1.62.